The fourth-order valence-electron chi connectivity index (χ4n) is 4.31. The van der Waals surface area contributed by atoms with Crippen molar-refractivity contribution in [3.05, 3.63) is 23.8 Å². The number of amides is 1. The Morgan fingerprint density at radius 1 is 1.30 bits per heavy atom. The second-order valence-electron chi connectivity index (χ2n) is 7.74. The average molecular weight is 434 g/mol. The highest BCUT2D eigenvalue weighted by Gasteiger charge is 2.45. The first kappa shape index (κ1) is 20.8. The molecule has 0 saturated heterocycles. The molecule has 2 atom stereocenters. The Kier molecular flexibility index (Phi) is 5.54. The lowest BCUT2D eigenvalue weighted by Crippen LogP contribution is -2.55. The summed E-state index contributed by atoms with van der Waals surface area (Å²) in [6, 6.07) is 3.86. The van der Waals surface area contributed by atoms with Gasteiger partial charge in [0.2, 0.25) is 10.0 Å². The molecule has 10 heteroatoms. The first-order valence-electron chi connectivity index (χ1n) is 10.3. The molecule has 30 heavy (non-hydrogen) atoms. The zero-order valence-electron chi connectivity index (χ0n) is 17.4. The van der Waals surface area contributed by atoms with Gasteiger partial charge in [-0.15, -0.1) is 0 Å². The lowest BCUT2D eigenvalue weighted by atomic mass is 10.1. The van der Waals surface area contributed by atoms with E-state index in [1.54, 1.807) is 11.1 Å². The fourth-order valence-corrected chi connectivity index (χ4v) is 5.07. The van der Waals surface area contributed by atoms with Gasteiger partial charge >= 0.3 is 0 Å². The van der Waals surface area contributed by atoms with E-state index in [0.717, 1.165) is 31.5 Å². The first-order valence-corrected chi connectivity index (χ1v) is 11.8. The number of nitrogens with one attached hydrogen (secondary N) is 2. The van der Waals surface area contributed by atoms with Gasteiger partial charge < -0.3 is 10.1 Å². The molecule has 9 nitrogen and oxygen atoms in total. The third kappa shape index (κ3) is 3.58. The third-order valence-electron chi connectivity index (χ3n) is 5.81. The van der Waals surface area contributed by atoms with Gasteiger partial charge in [0, 0.05) is 5.92 Å². The van der Waals surface area contributed by atoms with Crippen LogP contribution in [0.2, 0.25) is 0 Å². The molecule has 162 valence electrons. The normalized spacial score (nSPS) is 24.4. The molecule has 3 aliphatic rings. The highest BCUT2D eigenvalue weighted by Crippen LogP contribution is 2.34. The summed E-state index contributed by atoms with van der Waals surface area (Å²) >= 11 is 0. The summed E-state index contributed by atoms with van der Waals surface area (Å²) in [5, 5.41) is 9.31. The van der Waals surface area contributed by atoms with E-state index in [1.807, 2.05) is 13.8 Å². The summed E-state index contributed by atoms with van der Waals surface area (Å²) in [4.78, 5) is 17.8. The minimum absolute atomic E-state index is 0.0713. The molecule has 1 aromatic rings. The average Bonchev–Trinajstić information content (AvgIpc) is 3.36. The number of rotatable bonds is 6. The number of sulfonamides is 1. The number of nitrogens with zero attached hydrogens (tertiary/aromatic N) is 3. The van der Waals surface area contributed by atoms with Gasteiger partial charge in [-0.2, -0.15) is 5.10 Å². The number of hydrazone groups is 1. The Balaban J connectivity index is 1.79. The Hall–Kier alpha value is -2.46. The second kappa shape index (κ2) is 7.99. The van der Waals surface area contributed by atoms with E-state index < -0.39 is 16.1 Å². The zero-order valence-corrected chi connectivity index (χ0v) is 18.2. The number of hydrogen-bond acceptors (Lipinski definition) is 7. The maximum absolute atomic E-state index is 13.0. The van der Waals surface area contributed by atoms with Crippen LogP contribution in [-0.4, -0.2) is 56.7 Å². The molecule has 4 rings (SSSR count). The quantitative estimate of drug-likeness (QED) is 0.705. The van der Waals surface area contributed by atoms with Gasteiger partial charge in [0.05, 0.1) is 23.1 Å². The number of fused-ring (bicyclic) bond motifs is 1. The van der Waals surface area contributed by atoms with Gasteiger partial charge in [-0.3, -0.25) is 9.79 Å². The number of benzene rings is 1. The van der Waals surface area contributed by atoms with E-state index >= 15 is 0 Å². The molecule has 2 heterocycles. The molecule has 1 amide bonds. The van der Waals surface area contributed by atoms with E-state index in [0.29, 0.717) is 23.8 Å². The molecule has 1 fully saturated rings. The van der Waals surface area contributed by atoms with Crippen molar-refractivity contribution in [2.45, 2.75) is 56.5 Å². The summed E-state index contributed by atoms with van der Waals surface area (Å²) in [5.74, 6) is 1.68. The molecule has 2 aliphatic heterocycles. The number of carbonyl (C=O) groups is 1. The largest absolute Gasteiger partial charge is 0.493 e. The lowest BCUT2D eigenvalue weighted by molar-refractivity contribution is -0.124. The van der Waals surface area contributed by atoms with Gasteiger partial charge in [0.25, 0.3) is 5.91 Å². The van der Waals surface area contributed by atoms with Crippen LogP contribution in [0.3, 0.4) is 0 Å². The number of carbonyl (C=O) groups excluding carboxylic acids is 1. The molecular weight excluding hydrogens is 406 g/mol. The molecule has 0 aromatic heterocycles. The molecule has 0 radical (unpaired) electrons. The van der Waals surface area contributed by atoms with Crippen LogP contribution < -0.4 is 14.8 Å². The number of aliphatic imine (C=N–C) groups is 1. The van der Waals surface area contributed by atoms with Crippen LogP contribution in [0.4, 0.5) is 0 Å². The van der Waals surface area contributed by atoms with E-state index in [-0.39, 0.29) is 22.7 Å². The van der Waals surface area contributed by atoms with Crippen molar-refractivity contribution < 1.29 is 17.9 Å². The summed E-state index contributed by atoms with van der Waals surface area (Å²) in [7, 11) is -2.31. The second-order valence-corrected chi connectivity index (χ2v) is 9.62. The van der Waals surface area contributed by atoms with Crippen LogP contribution in [0.15, 0.2) is 33.2 Å². The van der Waals surface area contributed by atoms with Crippen molar-refractivity contribution in [1.29, 1.82) is 0 Å². The van der Waals surface area contributed by atoms with Crippen molar-refractivity contribution in [1.82, 2.24) is 15.0 Å². The maximum atomic E-state index is 13.0. The minimum atomic E-state index is -3.67. The Bertz CT molecular complexity index is 1010. The van der Waals surface area contributed by atoms with Crippen LogP contribution in [0.1, 0.15) is 45.1 Å². The van der Waals surface area contributed by atoms with Crippen molar-refractivity contribution in [3.8, 4) is 5.75 Å². The van der Waals surface area contributed by atoms with Gasteiger partial charge in [0.1, 0.15) is 11.6 Å². The van der Waals surface area contributed by atoms with Crippen LogP contribution in [-0.2, 0) is 14.8 Å². The Morgan fingerprint density at radius 2 is 2.03 bits per heavy atom. The molecular formula is C20H27N5O4S. The SMILES string of the molecule is CCOc1ccc(S(=O)(=O)NC)cc1C1=NN2C(C3CCCC3)=NC(C)C2C(=O)N1. The number of hydrogen-bond donors (Lipinski definition) is 2. The van der Waals surface area contributed by atoms with Crippen molar-refractivity contribution in [3.63, 3.8) is 0 Å². The van der Waals surface area contributed by atoms with Crippen molar-refractivity contribution in [2.24, 2.45) is 16.0 Å². The van der Waals surface area contributed by atoms with E-state index in [9.17, 15) is 13.2 Å². The molecule has 1 aromatic carbocycles. The fraction of sp³-hybridized carbons (Fsp3) is 0.550. The molecule has 1 aliphatic carbocycles. The first-order chi connectivity index (χ1) is 14.4. The number of ether oxygens (including phenoxy) is 1. The topological polar surface area (TPSA) is 112 Å². The van der Waals surface area contributed by atoms with Crippen molar-refractivity contribution in [2.75, 3.05) is 13.7 Å². The zero-order chi connectivity index (χ0) is 21.5. The van der Waals surface area contributed by atoms with Crippen LogP contribution in [0.25, 0.3) is 0 Å². The molecule has 2 unspecified atom stereocenters. The van der Waals surface area contributed by atoms with Gasteiger partial charge in [-0.25, -0.2) is 18.1 Å². The molecule has 1 saturated carbocycles. The summed E-state index contributed by atoms with van der Waals surface area (Å²) < 4.78 is 32.6. The molecule has 0 bridgehead atoms. The predicted octanol–water partition coefficient (Wildman–Crippen LogP) is 1.45. The van der Waals surface area contributed by atoms with Crippen molar-refractivity contribution >= 4 is 27.6 Å². The molecule has 0 spiro atoms. The summed E-state index contributed by atoms with van der Waals surface area (Å²) in [6.45, 7) is 4.16. The third-order valence-corrected chi connectivity index (χ3v) is 7.23. The van der Waals surface area contributed by atoms with Gasteiger partial charge in [-0.1, -0.05) is 12.8 Å². The van der Waals surface area contributed by atoms with Crippen LogP contribution >= 0.6 is 0 Å². The van der Waals surface area contributed by atoms with E-state index in [1.165, 1.54) is 19.2 Å². The monoisotopic (exact) mass is 433 g/mol. The molecule has 2 N–H and O–H groups in total. The summed E-state index contributed by atoms with van der Waals surface area (Å²) in [5.41, 5.74) is 0.422. The minimum Gasteiger partial charge on any atom is -0.493 e. The summed E-state index contributed by atoms with van der Waals surface area (Å²) in [6.07, 6.45) is 4.39. The van der Waals surface area contributed by atoms with Gasteiger partial charge in [-0.05, 0) is 51.9 Å². The van der Waals surface area contributed by atoms with E-state index in [4.69, 9.17) is 14.8 Å². The maximum Gasteiger partial charge on any atom is 0.252 e. The Morgan fingerprint density at radius 3 is 2.70 bits per heavy atom. The predicted molar refractivity (Wildman–Crippen MR) is 113 cm³/mol. The van der Waals surface area contributed by atoms with Gasteiger partial charge in [0.15, 0.2) is 11.9 Å². The lowest BCUT2D eigenvalue weighted by Gasteiger charge is -2.31. The number of amidine groups is 2. The highest BCUT2D eigenvalue weighted by molar-refractivity contribution is 7.89. The van der Waals surface area contributed by atoms with Crippen LogP contribution in [0, 0.1) is 5.92 Å². The van der Waals surface area contributed by atoms with E-state index in [2.05, 4.69) is 10.0 Å². The Labute approximate surface area is 176 Å². The standard InChI is InChI=1S/C20H27N5O4S/c1-4-29-16-10-9-14(30(27,28)21-3)11-15(16)18-23-20(26)17-12(2)22-19(25(17)24-18)13-7-5-6-8-13/h9-13,17,21H,4-8H2,1-3H3,(H,23,24,26). The van der Waals surface area contributed by atoms with Crippen LogP contribution in [0.5, 0.6) is 5.75 Å². The highest BCUT2D eigenvalue weighted by atomic mass is 32.2. The smallest absolute Gasteiger partial charge is 0.252 e.